The maximum atomic E-state index is 12.5. The van der Waals surface area contributed by atoms with Crippen LogP contribution in [0, 0.1) is 23.0 Å². The Kier molecular flexibility index (Phi) is 4.90. The van der Waals surface area contributed by atoms with Crippen LogP contribution in [0.3, 0.4) is 0 Å². The Morgan fingerprint density at radius 2 is 2.04 bits per heavy atom. The topological polar surface area (TPSA) is 92.6 Å². The molecule has 1 aliphatic rings. The summed E-state index contributed by atoms with van der Waals surface area (Å²) >= 11 is 6.11. The summed E-state index contributed by atoms with van der Waals surface area (Å²) in [5.41, 5.74) is 1.69. The predicted molar refractivity (Wildman–Crippen MR) is 98.4 cm³/mol. The minimum absolute atomic E-state index is 0.0761. The van der Waals surface area contributed by atoms with E-state index in [1.165, 1.54) is 18.2 Å². The Bertz CT molecular complexity index is 900. The van der Waals surface area contributed by atoms with Gasteiger partial charge in [-0.25, -0.2) is 0 Å². The van der Waals surface area contributed by atoms with Crippen LogP contribution in [0.15, 0.2) is 42.5 Å². The van der Waals surface area contributed by atoms with Crippen molar-refractivity contribution < 1.29 is 14.5 Å². The van der Waals surface area contributed by atoms with Gasteiger partial charge in [-0.3, -0.25) is 19.7 Å². The first-order chi connectivity index (χ1) is 12.4. The lowest BCUT2D eigenvalue weighted by molar-refractivity contribution is -0.384. The lowest BCUT2D eigenvalue weighted by atomic mass is 10.1. The Balaban J connectivity index is 1.74. The standard InChI is InChI=1S/C18H16ClN3O4/c1-11-15(19)6-3-7-16(11)21-10-12(8-17(21)23)18(24)20-13-4-2-5-14(9-13)22(25)26/h2-7,9,12H,8,10H2,1H3,(H,20,24)/t12-/m0/s1. The van der Waals surface area contributed by atoms with Gasteiger partial charge in [0.2, 0.25) is 11.8 Å². The highest BCUT2D eigenvalue weighted by Gasteiger charge is 2.36. The van der Waals surface area contributed by atoms with E-state index in [1.54, 1.807) is 29.2 Å². The molecule has 134 valence electrons. The number of rotatable bonds is 4. The van der Waals surface area contributed by atoms with Crippen molar-refractivity contribution in [2.45, 2.75) is 13.3 Å². The molecule has 1 atom stereocenters. The summed E-state index contributed by atoms with van der Waals surface area (Å²) in [5.74, 6) is -1.05. The fourth-order valence-electron chi connectivity index (χ4n) is 2.95. The van der Waals surface area contributed by atoms with E-state index < -0.39 is 10.8 Å². The summed E-state index contributed by atoms with van der Waals surface area (Å²) in [4.78, 5) is 36.7. The lowest BCUT2D eigenvalue weighted by Crippen LogP contribution is -2.28. The van der Waals surface area contributed by atoms with Gasteiger partial charge in [0, 0.05) is 41.5 Å². The highest BCUT2D eigenvalue weighted by atomic mass is 35.5. The van der Waals surface area contributed by atoms with Crippen molar-refractivity contribution in [3.05, 3.63) is 63.2 Å². The molecule has 26 heavy (non-hydrogen) atoms. The molecule has 1 saturated heterocycles. The first-order valence-electron chi connectivity index (χ1n) is 7.97. The van der Waals surface area contributed by atoms with Crippen molar-refractivity contribution in [2.75, 3.05) is 16.8 Å². The van der Waals surface area contributed by atoms with Gasteiger partial charge in [-0.15, -0.1) is 0 Å². The minimum atomic E-state index is -0.542. The summed E-state index contributed by atoms with van der Waals surface area (Å²) < 4.78 is 0. The summed E-state index contributed by atoms with van der Waals surface area (Å²) in [5, 5.41) is 14.0. The van der Waals surface area contributed by atoms with Crippen molar-refractivity contribution in [3.63, 3.8) is 0 Å². The zero-order valence-electron chi connectivity index (χ0n) is 13.9. The summed E-state index contributed by atoms with van der Waals surface area (Å²) in [6.07, 6.45) is 0.0761. The predicted octanol–water partition coefficient (Wildman–Crippen LogP) is 3.55. The minimum Gasteiger partial charge on any atom is -0.326 e. The van der Waals surface area contributed by atoms with E-state index in [0.717, 1.165) is 5.56 Å². The molecule has 0 aliphatic carbocycles. The van der Waals surface area contributed by atoms with Crippen molar-refractivity contribution in [3.8, 4) is 0 Å². The number of halogens is 1. The number of hydrogen-bond donors (Lipinski definition) is 1. The average Bonchev–Trinajstić information content (AvgIpc) is 2.99. The third-order valence-corrected chi connectivity index (χ3v) is 4.76. The molecule has 0 radical (unpaired) electrons. The molecule has 2 amide bonds. The summed E-state index contributed by atoms with van der Waals surface area (Å²) in [7, 11) is 0. The molecule has 1 fully saturated rings. The van der Waals surface area contributed by atoms with Crippen LogP contribution in [-0.2, 0) is 9.59 Å². The van der Waals surface area contributed by atoms with Gasteiger partial charge >= 0.3 is 0 Å². The van der Waals surface area contributed by atoms with Gasteiger partial charge in [0.25, 0.3) is 5.69 Å². The normalized spacial score (nSPS) is 16.6. The van der Waals surface area contributed by atoms with Crippen LogP contribution in [0.1, 0.15) is 12.0 Å². The number of nitro groups is 1. The molecule has 0 unspecified atom stereocenters. The van der Waals surface area contributed by atoms with E-state index in [2.05, 4.69) is 5.32 Å². The van der Waals surface area contributed by atoms with E-state index in [0.29, 0.717) is 16.4 Å². The third kappa shape index (κ3) is 3.52. The van der Waals surface area contributed by atoms with Gasteiger partial charge in [0.1, 0.15) is 0 Å². The molecular formula is C18H16ClN3O4. The molecule has 1 heterocycles. The second-order valence-electron chi connectivity index (χ2n) is 6.09. The van der Waals surface area contributed by atoms with Crippen LogP contribution in [0.5, 0.6) is 0 Å². The third-order valence-electron chi connectivity index (χ3n) is 4.35. The number of nitro benzene ring substituents is 1. The van der Waals surface area contributed by atoms with E-state index in [9.17, 15) is 19.7 Å². The van der Waals surface area contributed by atoms with Gasteiger partial charge in [0.05, 0.1) is 10.8 Å². The molecule has 1 aliphatic heterocycles. The number of carbonyl (C=O) groups excluding carboxylic acids is 2. The van der Waals surface area contributed by atoms with Crippen molar-refractivity contribution in [2.24, 2.45) is 5.92 Å². The molecule has 2 aromatic rings. The number of anilines is 2. The molecule has 1 N–H and O–H groups in total. The second kappa shape index (κ2) is 7.13. The molecule has 8 heteroatoms. The number of non-ortho nitro benzene ring substituents is 1. The van der Waals surface area contributed by atoms with Gasteiger partial charge in [-0.05, 0) is 30.7 Å². The quantitative estimate of drug-likeness (QED) is 0.655. The molecule has 0 saturated carbocycles. The van der Waals surface area contributed by atoms with Gasteiger partial charge < -0.3 is 10.2 Å². The maximum absolute atomic E-state index is 12.5. The monoisotopic (exact) mass is 373 g/mol. The van der Waals surface area contributed by atoms with E-state index in [4.69, 9.17) is 11.6 Å². The smallest absolute Gasteiger partial charge is 0.271 e. The number of nitrogens with zero attached hydrogens (tertiary/aromatic N) is 2. The first kappa shape index (κ1) is 17.9. The molecule has 0 aromatic heterocycles. The molecule has 0 bridgehead atoms. The highest BCUT2D eigenvalue weighted by Crippen LogP contribution is 2.32. The van der Waals surface area contributed by atoms with Gasteiger partial charge in [-0.1, -0.05) is 23.7 Å². The van der Waals surface area contributed by atoms with Crippen LogP contribution in [0.25, 0.3) is 0 Å². The van der Waals surface area contributed by atoms with E-state index in [1.807, 2.05) is 6.92 Å². The zero-order chi connectivity index (χ0) is 18.8. The number of amides is 2. The number of benzene rings is 2. The SMILES string of the molecule is Cc1c(Cl)cccc1N1C[C@@H](C(=O)Nc2cccc([N+](=O)[O-])c2)CC1=O. The maximum Gasteiger partial charge on any atom is 0.271 e. The van der Waals surface area contributed by atoms with Crippen molar-refractivity contribution >= 4 is 40.5 Å². The van der Waals surface area contributed by atoms with Crippen LogP contribution >= 0.6 is 11.6 Å². The Labute approximate surface area is 154 Å². The van der Waals surface area contributed by atoms with E-state index in [-0.39, 0.29) is 30.5 Å². The van der Waals surface area contributed by atoms with Crippen LogP contribution < -0.4 is 10.2 Å². The Hall–Kier alpha value is -2.93. The lowest BCUT2D eigenvalue weighted by Gasteiger charge is -2.19. The molecule has 2 aromatic carbocycles. The van der Waals surface area contributed by atoms with Crippen LogP contribution in [0.4, 0.5) is 17.1 Å². The van der Waals surface area contributed by atoms with E-state index >= 15 is 0 Å². The molecular weight excluding hydrogens is 358 g/mol. The van der Waals surface area contributed by atoms with Crippen molar-refractivity contribution in [1.29, 1.82) is 0 Å². The number of nitrogens with one attached hydrogen (secondary N) is 1. The summed E-state index contributed by atoms with van der Waals surface area (Å²) in [6, 6.07) is 11.0. The Morgan fingerprint density at radius 1 is 1.31 bits per heavy atom. The number of hydrogen-bond acceptors (Lipinski definition) is 4. The largest absolute Gasteiger partial charge is 0.326 e. The average molecular weight is 374 g/mol. The molecule has 7 nitrogen and oxygen atoms in total. The Morgan fingerprint density at radius 3 is 2.77 bits per heavy atom. The fourth-order valence-corrected chi connectivity index (χ4v) is 3.12. The van der Waals surface area contributed by atoms with Crippen molar-refractivity contribution in [1.82, 2.24) is 0 Å². The zero-order valence-corrected chi connectivity index (χ0v) is 14.7. The first-order valence-corrected chi connectivity index (χ1v) is 8.35. The van der Waals surface area contributed by atoms with Crippen LogP contribution in [-0.4, -0.2) is 23.3 Å². The number of carbonyl (C=O) groups is 2. The van der Waals surface area contributed by atoms with Crippen LogP contribution in [0.2, 0.25) is 5.02 Å². The fraction of sp³-hybridized carbons (Fsp3) is 0.222. The second-order valence-corrected chi connectivity index (χ2v) is 6.49. The van der Waals surface area contributed by atoms with Gasteiger partial charge in [-0.2, -0.15) is 0 Å². The molecule has 3 rings (SSSR count). The van der Waals surface area contributed by atoms with Gasteiger partial charge in [0.15, 0.2) is 0 Å². The highest BCUT2D eigenvalue weighted by molar-refractivity contribution is 6.31. The summed E-state index contributed by atoms with van der Waals surface area (Å²) in [6.45, 7) is 2.06. The molecule has 0 spiro atoms.